The van der Waals surface area contributed by atoms with Crippen LogP contribution in [0.1, 0.15) is 19.8 Å². The fourth-order valence-electron chi connectivity index (χ4n) is 2.73. The Bertz CT molecular complexity index is 388. The zero-order valence-corrected chi connectivity index (χ0v) is 12.6. The zero-order chi connectivity index (χ0) is 14.4. The van der Waals surface area contributed by atoms with Crippen LogP contribution in [-0.2, 0) is 4.74 Å². The van der Waals surface area contributed by atoms with E-state index in [4.69, 9.17) is 10.5 Å². The van der Waals surface area contributed by atoms with Crippen molar-refractivity contribution in [2.24, 2.45) is 5.73 Å². The minimum atomic E-state index is 0.0675. The first-order chi connectivity index (χ1) is 9.69. The molecule has 20 heavy (non-hydrogen) atoms. The molecule has 0 aliphatic carbocycles. The molecule has 1 fully saturated rings. The van der Waals surface area contributed by atoms with Gasteiger partial charge in [-0.1, -0.05) is 18.2 Å². The smallest absolute Gasteiger partial charge is 0.0667 e. The largest absolute Gasteiger partial charge is 0.380 e. The van der Waals surface area contributed by atoms with Gasteiger partial charge in [0.15, 0.2) is 0 Å². The average Bonchev–Trinajstić information content (AvgIpc) is 2.54. The Labute approximate surface area is 122 Å². The van der Waals surface area contributed by atoms with Crippen LogP contribution in [0.15, 0.2) is 30.3 Å². The van der Waals surface area contributed by atoms with Gasteiger partial charge in [-0.3, -0.25) is 0 Å². The van der Waals surface area contributed by atoms with E-state index >= 15 is 0 Å². The molecule has 0 bridgehead atoms. The van der Waals surface area contributed by atoms with Crippen molar-refractivity contribution in [1.82, 2.24) is 5.32 Å². The number of anilines is 1. The first kappa shape index (κ1) is 15.3. The number of rotatable bonds is 6. The summed E-state index contributed by atoms with van der Waals surface area (Å²) in [6, 6.07) is 10.6. The molecule has 0 amide bonds. The van der Waals surface area contributed by atoms with Crippen LogP contribution < -0.4 is 16.0 Å². The Morgan fingerprint density at radius 1 is 1.30 bits per heavy atom. The van der Waals surface area contributed by atoms with Crippen molar-refractivity contribution in [3.8, 4) is 0 Å². The highest BCUT2D eigenvalue weighted by Crippen LogP contribution is 2.25. The maximum absolute atomic E-state index is 6.03. The fourth-order valence-corrected chi connectivity index (χ4v) is 2.73. The van der Waals surface area contributed by atoms with E-state index in [0.29, 0.717) is 6.54 Å². The van der Waals surface area contributed by atoms with E-state index in [1.807, 2.05) is 0 Å². The summed E-state index contributed by atoms with van der Waals surface area (Å²) in [4.78, 5) is 2.44. The normalized spacial score (nSPS) is 19.9. The van der Waals surface area contributed by atoms with Crippen molar-refractivity contribution in [3.63, 3.8) is 0 Å². The Hall–Kier alpha value is -1.10. The molecule has 0 spiro atoms. The molecule has 1 unspecified atom stereocenters. The highest BCUT2D eigenvalue weighted by Gasteiger charge is 2.33. The topological polar surface area (TPSA) is 50.5 Å². The lowest BCUT2D eigenvalue weighted by atomic mass is 9.87. The van der Waals surface area contributed by atoms with E-state index in [1.54, 1.807) is 7.11 Å². The van der Waals surface area contributed by atoms with Gasteiger partial charge in [-0.05, 0) is 31.9 Å². The monoisotopic (exact) mass is 277 g/mol. The number of hydrogen-bond donors (Lipinski definition) is 2. The number of nitrogens with one attached hydrogen (secondary N) is 1. The molecule has 3 N–H and O–H groups in total. The second-order valence-electron chi connectivity index (χ2n) is 5.73. The maximum Gasteiger partial charge on any atom is 0.0667 e. The predicted octanol–water partition coefficient (Wildman–Crippen LogP) is 1.61. The van der Waals surface area contributed by atoms with Crippen molar-refractivity contribution in [1.29, 1.82) is 0 Å². The summed E-state index contributed by atoms with van der Waals surface area (Å²) in [5, 5.41) is 3.63. The summed E-state index contributed by atoms with van der Waals surface area (Å²) in [5.74, 6) is 0. The molecular weight excluding hydrogens is 250 g/mol. The van der Waals surface area contributed by atoms with E-state index in [0.717, 1.165) is 32.5 Å². The number of nitrogens with two attached hydrogens (primary N) is 1. The third kappa shape index (κ3) is 3.72. The van der Waals surface area contributed by atoms with Crippen molar-refractivity contribution in [3.05, 3.63) is 30.3 Å². The molecule has 112 valence electrons. The highest BCUT2D eigenvalue weighted by molar-refractivity contribution is 5.46. The van der Waals surface area contributed by atoms with E-state index in [9.17, 15) is 0 Å². The lowest BCUT2D eigenvalue weighted by Gasteiger charge is -2.43. The molecule has 1 aromatic rings. The summed E-state index contributed by atoms with van der Waals surface area (Å²) in [5.41, 5.74) is 7.40. The van der Waals surface area contributed by atoms with Crippen molar-refractivity contribution in [2.45, 2.75) is 31.4 Å². The molecule has 2 rings (SSSR count). The van der Waals surface area contributed by atoms with Crippen LogP contribution in [0.4, 0.5) is 5.69 Å². The second kappa shape index (κ2) is 7.07. The van der Waals surface area contributed by atoms with Gasteiger partial charge < -0.3 is 20.7 Å². The minimum Gasteiger partial charge on any atom is -0.380 e. The van der Waals surface area contributed by atoms with Gasteiger partial charge in [0.25, 0.3) is 0 Å². The molecule has 1 aliphatic rings. The number of hydrogen-bond acceptors (Lipinski definition) is 4. The number of para-hydroxylation sites is 1. The second-order valence-corrected chi connectivity index (χ2v) is 5.73. The SMILES string of the molecule is COC(C)CNC1(CN)CCN(c2ccccc2)CC1. The highest BCUT2D eigenvalue weighted by atomic mass is 16.5. The third-order valence-electron chi connectivity index (χ3n) is 4.40. The number of ether oxygens (including phenoxy) is 1. The van der Waals surface area contributed by atoms with Crippen molar-refractivity contribution >= 4 is 5.69 Å². The van der Waals surface area contributed by atoms with Crippen LogP contribution in [-0.4, -0.2) is 44.9 Å². The molecule has 0 aromatic heterocycles. The van der Waals surface area contributed by atoms with Crippen LogP contribution in [0, 0.1) is 0 Å². The van der Waals surface area contributed by atoms with Gasteiger partial charge in [-0.15, -0.1) is 0 Å². The molecule has 1 aliphatic heterocycles. The molecule has 1 aromatic carbocycles. The van der Waals surface area contributed by atoms with Gasteiger partial charge in [0.2, 0.25) is 0 Å². The molecule has 1 heterocycles. The summed E-state index contributed by atoms with van der Waals surface area (Å²) < 4.78 is 5.31. The molecule has 1 atom stereocenters. The summed E-state index contributed by atoms with van der Waals surface area (Å²) >= 11 is 0. The maximum atomic E-state index is 6.03. The minimum absolute atomic E-state index is 0.0675. The van der Waals surface area contributed by atoms with E-state index < -0.39 is 0 Å². The average molecular weight is 277 g/mol. The molecule has 0 saturated carbocycles. The van der Waals surface area contributed by atoms with Gasteiger partial charge in [-0.2, -0.15) is 0 Å². The Morgan fingerprint density at radius 2 is 1.95 bits per heavy atom. The first-order valence-corrected chi connectivity index (χ1v) is 7.47. The van der Waals surface area contributed by atoms with E-state index in [1.165, 1.54) is 5.69 Å². The van der Waals surface area contributed by atoms with E-state index in [2.05, 4.69) is 47.5 Å². The molecule has 4 nitrogen and oxygen atoms in total. The Morgan fingerprint density at radius 3 is 2.50 bits per heavy atom. The van der Waals surface area contributed by atoms with Gasteiger partial charge in [-0.25, -0.2) is 0 Å². The third-order valence-corrected chi connectivity index (χ3v) is 4.40. The van der Waals surface area contributed by atoms with Gasteiger partial charge in [0.1, 0.15) is 0 Å². The fraction of sp³-hybridized carbons (Fsp3) is 0.625. The molecule has 0 radical (unpaired) electrons. The molecule has 1 saturated heterocycles. The number of methoxy groups -OCH3 is 1. The lowest BCUT2D eigenvalue weighted by molar-refractivity contribution is 0.103. The Balaban J connectivity index is 1.90. The number of nitrogens with zero attached hydrogens (tertiary/aromatic N) is 1. The molecular formula is C16H27N3O. The quantitative estimate of drug-likeness (QED) is 0.829. The Kier molecular flexibility index (Phi) is 5.40. The standard InChI is InChI=1S/C16H27N3O/c1-14(20-2)12-18-16(13-17)8-10-19(11-9-16)15-6-4-3-5-7-15/h3-7,14,18H,8-13,17H2,1-2H3. The van der Waals surface area contributed by atoms with Crippen LogP contribution in [0.3, 0.4) is 0 Å². The van der Waals surface area contributed by atoms with Crippen molar-refractivity contribution in [2.75, 3.05) is 38.2 Å². The van der Waals surface area contributed by atoms with Crippen LogP contribution in [0.2, 0.25) is 0 Å². The van der Waals surface area contributed by atoms with Crippen LogP contribution >= 0.6 is 0 Å². The zero-order valence-electron chi connectivity index (χ0n) is 12.6. The number of piperidine rings is 1. The first-order valence-electron chi connectivity index (χ1n) is 7.47. The summed E-state index contributed by atoms with van der Waals surface area (Å²) in [7, 11) is 1.75. The van der Waals surface area contributed by atoms with Gasteiger partial charge in [0.05, 0.1) is 6.10 Å². The molecule has 4 heteroatoms. The van der Waals surface area contributed by atoms with E-state index in [-0.39, 0.29) is 11.6 Å². The predicted molar refractivity (Wildman–Crippen MR) is 84.1 cm³/mol. The lowest BCUT2D eigenvalue weighted by Crippen LogP contribution is -2.59. The van der Waals surface area contributed by atoms with Crippen LogP contribution in [0.5, 0.6) is 0 Å². The summed E-state index contributed by atoms with van der Waals surface area (Å²) in [6.07, 6.45) is 2.38. The van der Waals surface area contributed by atoms with Gasteiger partial charge in [0, 0.05) is 44.5 Å². The van der Waals surface area contributed by atoms with Crippen LogP contribution in [0.25, 0.3) is 0 Å². The van der Waals surface area contributed by atoms with Gasteiger partial charge >= 0.3 is 0 Å². The van der Waals surface area contributed by atoms with Crippen molar-refractivity contribution < 1.29 is 4.74 Å². The summed E-state index contributed by atoms with van der Waals surface area (Å²) in [6.45, 7) is 5.73. The number of benzene rings is 1.